The number of nitrogens with one attached hydrogen (secondary N) is 1. The van der Waals surface area contributed by atoms with Crippen LogP contribution < -0.4 is 5.32 Å². The van der Waals surface area contributed by atoms with Crippen molar-refractivity contribution in [1.29, 1.82) is 0 Å². The van der Waals surface area contributed by atoms with Gasteiger partial charge in [-0.2, -0.15) is 0 Å². The Kier molecular flexibility index (Phi) is 5.26. The summed E-state index contributed by atoms with van der Waals surface area (Å²) in [6.45, 7) is 6.26. The van der Waals surface area contributed by atoms with E-state index in [1.165, 1.54) is 11.8 Å². The number of benzene rings is 1. The third kappa shape index (κ3) is 3.99. The van der Waals surface area contributed by atoms with Gasteiger partial charge < -0.3 is 5.32 Å². The van der Waals surface area contributed by atoms with Gasteiger partial charge in [0.05, 0.1) is 5.25 Å². The van der Waals surface area contributed by atoms with Gasteiger partial charge in [0.15, 0.2) is 11.0 Å². The number of hydrogen-bond acceptors (Lipinski definition) is 4. The van der Waals surface area contributed by atoms with Gasteiger partial charge in [-0.3, -0.25) is 9.36 Å². The van der Waals surface area contributed by atoms with Crippen LogP contribution in [0.3, 0.4) is 0 Å². The summed E-state index contributed by atoms with van der Waals surface area (Å²) in [5.41, 5.74) is 0.927. The molecule has 126 valence electrons. The van der Waals surface area contributed by atoms with E-state index in [-0.39, 0.29) is 11.2 Å². The second-order valence-corrected chi connectivity index (χ2v) is 7.50. The minimum absolute atomic E-state index is 0.0451. The van der Waals surface area contributed by atoms with E-state index < -0.39 is 0 Å². The molecule has 1 aliphatic carbocycles. The quantitative estimate of drug-likeness (QED) is 0.604. The zero-order chi connectivity index (χ0) is 17.1. The maximum absolute atomic E-state index is 12.2. The van der Waals surface area contributed by atoms with Crippen LogP contribution in [0.15, 0.2) is 42.1 Å². The molecule has 1 amide bonds. The van der Waals surface area contributed by atoms with E-state index in [0.29, 0.717) is 22.8 Å². The fourth-order valence-corrected chi connectivity index (χ4v) is 3.23. The Morgan fingerprint density at radius 3 is 2.79 bits per heavy atom. The zero-order valence-electron chi connectivity index (χ0n) is 13.4. The second-order valence-electron chi connectivity index (χ2n) is 5.76. The summed E-state index contributed by atoms with van der Waals surface area (Å²) in [5.74, 6) is 0.785. The molecule has 0 aliphatic heterocycles. The fraction of sp³-hybridized carbons (Fsp3) is 0.353. The highest BCUT2D eigenvalue weighted by Gasteiger charge is 2.27. The second kappa shape index (κ2) is 7.40. The van der Waals surface area contributed by atoms with E-state index in [1.807, 2.05) is 35.8 Å². The summed E-state index contributed by atoms with van der Waals surface area (Å²) in [6, 6.07) is 7.81. The number of carbonyl (C=O) groups excluding carboxylic acids is 1. The summed E-state index contributed by atoms with van der Waals surface area (Å²) in [4.78, 5) is 12.2. The highest BCUT2D eigenvalue weighted by molar-refractivity contribution is 8.00. The van der Waals surface area contributed by atoms with Crippen molar-refractivity contribution in [3.05, 3.63) is 41.9 Å². The Bertz CT molecular complexity index is 740. The molecule has 1 saturated carbocycles. The highest BCUT2D eigenvalue weighted by Crippen LogP contribution is 2.28. The van der Waals surface area contributed by atoms with Crippen LogP contribution in [0.5, 0.6) is 0 Å². The molecule has 1 N–H and O–H groups in total. The van der Waals surface area contributed by atoms with Gasteiger partial charge >= 0.3 is 0 Å². The topological polar surface area (TPSA) is 59.8 Å². The summed E-state index contributed by atoms with van der Waals surface area (Å²) < 4.78 is 1.96. The fourth-order valence-electron chi connectivity index (χ4n) is 2.24. The summed E-state index contributed by atoms with van der Waals surface area (Å²) in [5, 5.41) is 12.7. The molecular weight excluding hydrogens is 344 g/mol. The number of carbonyl (C=O) groups is 1. The van der Waals surface area contributed by atoms with Crippen molar-refractivity contribution < 1.29 is 4.79 Å². The van der Waals surface area contributed by atoms with Crippen molar-refractivity contribution in [3.8, 4) is 11.4 Å². The summed E-state index contributed by atoms with van der Waals surface area (Å²) in [7, 11) is 0. The number of aromatic nitrogens is 3. The number of rotatable bonds is 7. The standard InChI is InChI=1S/C17H19ClN4OS/c1-3-10-22-15(12-4-6-13(18)7-5-12)20-21-17(22)24-11(2)16(23)19-14-8-9-14/h3-7,11,14H,1,8-10H2,2H3,(H,19,23)/t11-/m1/s1. The first kappa shape index (κ1) is 17.0. The van der Waals surface area contributed by atoms with Gasteiger partial charge in [-0.05, 0) is 44.0 Å². The first-order chi connectivity index (χ1) is 11.6. The molecule has 2 aromatic rings. The summed E-state index contributed by atoms with van der Waals surface area (Å²) in [6.07, 6.45) is 3.95. The van der Waals surface area contributed by atoms with Crippen molar-refractivity contribution in [2.75, 3.05) is 0 Å². The molecule has 0 bridgehead atoms. The van der Waals surface area contributed by atoms with E-state index in [2.05, 4.69) is 22.1 Å². The molecule has 1 heterocycles. The maximum atomic E-state index is 12.2. The van der Waals surface area contributed by atoms with E-state index in [1.54, 1.807) is 6.08 Å². The molecule has 3 rings (SSSR count). The largest absolute Gasteiger partial charge is 0.352 e. The first-order valence-corrected chi connectivity index (χ1v) is 9.11. The van der Waals surface area contributed by atoms with Crippen molar-refractivity contribution in [1.82, 2.24) is 20.1 Å². The van der Waals surface area contributed by atoms with E-state index in [4.69, 9.17) is 11.6 Å². The molecule has 0 spiro atoms. The smallest absolute Gasteiger partial charge is 0.233 e. The van der Waals surface area contributed by atoms with Gasteiger partial charge in [-0.15, -0.1) is 16.8 Å². The molecule has 0 unspecified atom stereocenters. The Morgan fingerprint density at radius 1 is 1.46 bits per heavy atom. The van der Waals surface area contributed by atoms with Crippen LogP contribution >= 0.6 is 23.4 Å². The van der Waals surface area contributed by atoms with Crippen LogP contribution in [0.25, 0.3) is 11.4 Å². The van der Waals surface area contributed by atoms with Crippen molar-refractivity contribution >= 4 is 29.3 Å². The van der Waals surface area contributed by atoms with Crippen LogP contribution in [0, 0.1) is 0 Å². The summed E-state index contributed by atoms with van der Waals surface area (Å²) >= 11 is 7.36. The molecule has 7 heteroatoms. The molecule has 1 atom stereocenters. The average Bonchev–Trinajstić information content (AvgIpc) is 3.30. The van der Waals surface area contributed by atoms with Crippen LogP contribution in [-0.4, -0.2) is 32.0 Å². The Hall–Kier alpha value is -1.79. The van der Waals surface area contributed by atoms with Crippen molar-refractivity contribution in [3.63, 3.8) is 0 Å². The van der Waals surface area contributed by atoms with Crippen LogP contribution in [0.4, 0.5) is 0 Å². The molecule has 1 aromatic heterocycles. The minimum Gasteiger partial charge on any atom is -0.352 e. The zero-order valence-corrected chi connectivity index (χ0v) is 15.0. The van der Waals surface area contributed by atoms with Crippen LogP contribution in [0.2, 0.25) is 5.02 Å². The molecule has 0 radical (unpaired) electrons. The third-order valence-corrected chi connectivity index (χ3v) is 5.04. The molecule has 24 heavy (non-hydrogen) atoms. The lowest BCUT2D eigenvalue weighted by atomic mass is 10.2. The van der Waals surface area contributed by atoms with E-state index in [9.17, 15) is 4.79 Å². The van der Waals surface area contributed by atoms with Crippen LogP contribution in [-0.2, 0) is 11.3 Å². The van der Waals surface area contributed by atoms with Gasteiger partial charge in [-0.1, -0.05) is 29.4 Å². The average molecular weight is 363 g/mol. The number of thioether (sulfide) groups is 1. The predicted molar refractivity (Wildman–Crippen MR) is 97.1 cm³/mol. The molecule has 1 aliphatic rings. The monoisotopic (exact) mass is 362 g/mol. The number of amides is 1. The molecule has 0 saturated heterocycles. The van der Waals surface area contributed by atoms with Gasteiger partial charge in [0.25, 0.3) is 0 Å². The SMILES string of the molecule is C=CCn1c(S[C@H](C)C(=O)NC2CC2)nnc1-c1ccc(Cl)cc1. The lowest BCUT2D eigenvalue weighted by molar-refractivity contribution is -0.120. The normalized spacial score (nSPS) is 15.1. The lowest BCUT2D eigenvalue weighted by Crippen LogP contribution is -2.32. The van der Waals surface area contributed by atoms with E-state index in [0.717, 1.165) is 24.2 Å². The highest BCUT2D eigenvalue weighted by atomic mass is 35.5. The van der Waals surface area contributed by atoms with Gasteiger partial charge in [0, 0.05) is 23.2 Å². The number of hydrogen-bond donors (Lipinski definition) is 1. The molecular formula is C17H19ClN4OS. The number of allylic oxidation sites excluding steroid dienone is 1. The van der Waals surface area contributed by atoms with Crippen molar-refractivity contribution in [2.45, 2.75) is 42.8 Å². The number of halogens is 1. The van der Waals surface area contributed by atoms with Gasteiger partial charge in [0.1, 0.15) is 0 Å². The van der Waals surface area contributed by atoms with Crippen molar-refractivity contribution in [2.24, 2.45) is 0 Å². The molecule has 1 fully saturated rings. The molecule has 1 aromatic carbocycles. The lowest BCUT2D eigenvalue weighted by Gasteiger charge is -2.12. The third-order valence-electron chi connectivity index (χ3n) is 3.71. The first-order valence-electron chi connectivity index (χ1n) is 7.85. The minimum atomic E-state index is -0.226. The molecule has 5 nitrogen and oxygen atoms in total. The number of nitrogens with zero attached hydrogens (tertiary/aromatic N) is 3. The Balaban J connectivity index is 1.81. The van der Waals surface area contributed by atoms with Crippen LogP contribution in [0.1, 0.15) is 19.8 Å². The maximum Gasteiger partial charge on any atom is 0.233 e. The van der Waals surface area contributed by atoms with Gasteiger partial charge in [0.2, 0.25) is 5.91 Å². The van der Waals surface area contributed by atoms with E-state index >= 15 is 0 Å². The Morgan fingerprint density at radius 2 is 2.17 bits per heavy atom. The predicted octanol–water partition coefficient (Wildman–Crippen LogP) is 3.54. The Labute approximate surface area is 150 Å². The van der Waals surface area contributed by atoms with Gasteiger partial charge in [-0.25, -0.2) is 0 Å².